The lowest BCUT2D eigenvalue weighted by Gasteiger charge is -2.34. The Kier molecular flexibility index (Phi) is 6.27. The second-order valence-corrected chi connectivity index (χ2v) is 6.37. The Hall–Kier alpha value is -1.53. The summed E-state index contributed by atoms with van der Waals surface area (Å²) in [7, 11) is 1.54. The highest BCUT2D eigenvalue weighted by Gasteiger charge is 2.33. The van der Waals surface area contributed by atoms with Crippen LogP contribution in [-0.4, -0.2) is 43.4 Å². The third-order valence-electron chi connectivity index (χ3n) is 3.78. The fourth-order valence-corrected chi connectivity index (χ4v) is 3.43. The van der Waals surface area contributed by atoms with Gasteiger partial charge in [-0.05, 0) is 30.5 Å². The van der Waals surface area contributed by atoms with Crippen LogP contribution in [0.15, 0.2) is 34.3 Å². The number of carboxylic acid groups (broad SMARTS) is 1. The first-order valence-corrected chi connectivity index (χ1v) is 8.25. The second-order valence-electron chi connectivity index (χ2n) is 5.21. The Morgan fingerprint density at radius 1 is 1.50 bits per heavy atom. The normalized spacial score (nSPS) is 17.5. The molecule has 0 spiro atoms. The molecule has 120 valence electrons. The predicted molar refractivity (Wildman–Crippen MR) is 86.7 cm³/mol. The number of hydrogen-bond donors (Lipinski definition) is 1. The Morgan fingerprint density at radius 2 is 2.27 bits per heavy atom. The third-order valence-corrected chi connectivity index (χ3v) is 4.78. The summed E-state index contributed by atoms with van der Waals surface area (Å²) in [5, 5.41) is 12.7. The Labute approximate surface area is 134 Å². The molecule has 5 nitrogen and oxygen atoms in total. The van der Waals surface area contributed by atoms with E-state index in [2.05, 4.69) is 17.3 Å². The van der Waals surface area contributed by atoms with Crippen molar-refractivity contribution in [2.45, 2.75) is 29.6 Å². The van der Waals surface area contributed by atoms with Crippen LogP contribution in [0, 0.1) is 0 Å². The molecule has 0 atom stereocenters. The zero-order valence-electron chi connectivity index (χ0n) is 12.7. The molecule has 22 heavy (non-hydrogen) atoms. The van der Waals surface area contributed by atoms with Crippen LogP contribution in [-0.2, 0) is 19.8 Å². The summed E-state index contributed by atoms with van der Waals surface area (Å²) in [6, 6.07) is 8.24. The molecule has 1 N–H and O–H groups in total. The fraction of sp³-hybridized carbons (Fsp3) is 0.500. The van der Waals surface area contributed by atoms with Gasteiger partial charge in [0.2, 0.25) is 0 Å². The molecule has 0 saturated carbocycles. The average molecular weight is 323 g/mol. The van der Waals surface area contributed by atoms with E-state index in [0.717, 1.165) is 17.7 Å². The standard InChI is InChI=1S/C16H21NO4S/c1-20-17-12-16(6-8-21-9-7-16)13-3-2-4-14(11-13)22-10-5-15(18)19/h2-4,11-12H,5-10H2,1H3,(H,18,19). The maximum Gasteiger partial charge on any atom is 0.304 e. The highest BCUT2D eigenvalue weighted by Crippen LogP contribution is 2.35. The number of aliphatic carboxylic acids is 1. The van der Waals surface area contributed by atoms with E-state index in [9.17, 15) is 4.79 Å². The van der Waals surface area contributed by atoms with Crippen LogP contribution in [0.4, 0.5) is 0 Å². The Morgan fingerprint density at radius 3 is 2.95 bits per heavy atom. The number of oxime groups is 1. The Bertz CT molecular complexity index is 527. The van der Waals surface area contributed by atoms with Gasteiger partial charge in [0.1, 0.15) is 7.11 Å². The van der Waals surface area contributed by atoms with Gasteiger partial charge in [-0.3, -0.25) is 4.79 Å². The highest BCUT2D eigenvalue weighted by molar-refractivity contribution is 7.99. The van der Waals surface area contributed by atoms with Gasteiger partial charge in [-0.1, -0.05) is 17.3 Å². The number of benzene rings is 1. The van der Waals surface area contributed by atoms with E-state index < -0.39 is 5.97 Å². The van der Waals surface area contributed by atoms with Crippen molar-refractivity contribution in [2.24, 2.45) is 5.16 Å². The molecule has 0 bridgehead atoms. The zero-order valence-corrected chi connectivity index (χ0v) is 13.5. The number of ether oxygens (including phenoxy) is 1. The second kappa shape index (κ2) is 8.19. The van der Waals surface area contributed by atoms with Gasteiger partial charge in [0.25, 0.3) is 0 Å². The van der Waals surface area contributed by atoms with Crippen molar-refractivity contribution >= 4 is 23.9 Å². The molecule has 1 aromatic carbocycles. The SMILES string of the molecule is CON=CC1(c2cccc(SCCC(=O)O)c2)CCOCC1. The summed E-state index contributed by atoms with van der Waals surface area (Å²) in [5.74, 6) is -0.196. The molecule has 0 unspecified atom stereocenters. The van der Waals surface area contributed by atoms with E-state index in [1.165, 1.54) is 5.56 Å². The van der Waals surface area contributed by atoms with Gasteiger partial charge in [0.05, 0.1) is 12.6 Å². The van der Waals surface area contributed by atoms with E-state index in [1.807, 2.05) is 18.3 Å². The number of rotatable bonds is 7. The number of nitrogens with zero attached hydrogens (tertiary/aromatic N) is 1. The van der Waals surface area contributed by atoms with Crippen LogP contribution < -0.4 is 0 Å². The molecule has 1 fully saturated rings. The van der Waals surface area contributed by atoms with Crippen LogP contribution >= 0.6 is 11.8 Å². The number of hydrogen-bond acceptors (Lipinski definition) is 5. The monoisotopic (exact) mass is 323 g/mol. The van der Waals surface area contributed by atoms with Crippen LogP contribution in [0.3, 0.4) is 0 Å². The van der Waals surface area contributed by atoms with Gasteiger partial charge >= 0.3 is 5.97 Å². The van der Waals surface area contributed by atoms with E-state index >= 15 is 0 Å². The first-order valence-electron chi connectivity index (χ1n) is 7.27. The van der Waals surface area contributed by atoms with Crippen molar-refractivity contribution < 1.29 is 19.5 Å². The van der Waals surface area contributed by atoms with Crippen molar-refractivity contribution in [3.05, 3.63) is 29.8 Å². The minimum atomic E-state index is -0.767. The van der Waals surface area contributed by atoms with Crippen LogP contribution in [0.2, 0.25) is 0 Å². The molecule has 2 rings (SSSR count). The first-order chi connectivity index (χ1) is 10.7. The molecule has 0 aromatic heterocycles. The average Bonchev–Trinajstić information content (AvgIpc) is 2.54. The molecular weight excluding hydrogens is 302 g/mol. The van der Waals surface area contributed by atoms with Gasteiger partial charge in [0, 0.05) is 29.3 Å². The van der Waals surface area contributed by atoms with E-state index in [1.54, 1.807) is 18.9 Å². The molecule has 0 amide bonds. The van der Waals surface area contributed by atoms with E-state index in [4.69, 9.17) is 14.7 Å². The minimum absolute atomic E-state index is 0.166. The zero-order chi connectivity index (χ0) is 15.8. The largest absolute Gasteiger partial charge is 0.481 e. The molecule has 0 aliphatic carbocycles. The molecule has 1 heterocycles. The first kappa shape index (κ1) is 16.8. The number of carbonyl (C=O) groups is 1. The van der Waals surface area contributed by atoms with Crippen LogP contribution in [0.25, 0.3) is 0 Å². The molecule has 1 aromatic rings. The van der Waals surface area contributed by atoms with Gasteiger partial charge in [-0.15, -0.1) is 11.8 Å². The van der Waals surface area contributed by atoms with Gasteiger partial charge in [-0.25, -0.2) is 0 Å². The molecular formula is C16H21NO4S. The molecule has 1 saturated heterocycles. The fourth-order valence-electron chi connectivity index (χ4n) is 2.53. The Balaban J connectivity index is 2.17. The molecule has 0 radical (unpaired) electrons. The van der Waals surface area contributed by atoms with Crippen molar-refractivity contribution in [1.82, 2.24) is 0 Å². The predicted octanol–water partition coefficient (Wildman–Crippen LogP) is 2.93. The molecule has 6 heteroatoms. The highest BCUT2D eigenvalue weighted by atomic mass is 32.2. The van der Waals surface area contributed by atoms with Gasteiger partial charge in [-0.2, -0.15) is 0 Å². The topological polar surface area (TPSA) is 68.1 Å². The maximum absolute atomic E-state index is 10.6. The van der Waals surface area contributed by atoms with Crippen molar-refractivity contribution in [2.75, 3.05) is 26.1 Å². The van der Waals surface area contributed by atoms with Crippen LogP contribution in [0.5, 0.6) is 0 Å². The van der Waals surface area contributed by atoms with E-state index in [0.29, 0.717) is 19.0 Å². The smallest absolute Gasteiger partial charge is 0.304 e. The maximum atomic E-state index is 10.6. The molecule has 1 aliphatic heterocycles. The third kappa shape index (κ3) is 4.48. The van der Waals surface area contributed by atoms with Crippen molar-refractivity contribution in [3.8, 4) is 0 Å². The van der Waals surface area contributed by atoms with Gasteiger partial charge in [0.15, 0.2) is 0 Å². The number of carboxylic acids is 1. The lowest BCUT2D eigenvalue weighted by Crippen LogP contribution is -2.35. The number of thioether (sulfide) groups is 1. The summed E-state index contributed by atoms with van der Waals surface area (Å²) in [5.41, 5.74) is 1.01. The summed E-state index contributed by atoms with van der Waals surface area (Å²) < 4.78 is 5.47. The lowest BCUT2D eigenvalue weighted by molar-refractivity contribution is -0.136. The quantitative estimate of drug-likeness (QED) is 0.475. The summed E-state index contributed by atoms with van der Waals surface area (Å²) in [4.78, 5) is 16.6. The van der Waals surface area contributed by atoms with Crippen LogP contribution in [0.1, 0.15) is 24.8 Å². The van der Waals surface area contributed by atoms with E-state index in [-0.39, 0.29) is 11.8 Å². The summed E-state index contributed by atoms with van der Waals surface area (Å²) in [6.45, 7) is 1.40. The summed E-state index contributed by atoms with van der Waals surface area (Å²) in [6.07, 6.45) is 3.77. The summed E-state index contributed by atoms with van der Waals surface area (Å²) >= 11 is 1.56. The minimum Gasteiger partial charge on any atom is -0.481 e. The van der Waals surface area contributed by atoms with Crippen molar-refractivity contribution in [1.29, 1.82) is 0 Å². The van der Waals surface area contributed by atoms with Gasteiger partial charge < -0.3 is 14.7 Å². The lowest BCUT2D eigenvalue weighted by atomic mass is 9.75. The van der Waals surface area contributed by atoms with Crippen molar-refractivity contribution in [3.63, 3.8) is 0 Å². The molecule has 1 aliphatic rings.